The monoisotopic (exact) mass is 750 g/mol. The lowest BCUT2D eigenvalue weighted by atomic mass is 9.97. The summed E-state index contributed by atoms with van der Waals surface area (Å²) >= 11 is 1.66. The molecule has 2 nitrogen and oxygen atoms in total. The minimum Gasteiger partial charge on any atom is -0.309 e. The average molecular weight is 751 g/mol. The fraction of sp³-hybridized carbons (Fsp3) is 0. The molecule has 0 fully saturated rings. The Balaban J connectivity index is 1.16. The van der Waals surface area contributed by atoms with E-state index in [2.05, 4.69) is 71.3 Å². The van der Waals surface area contributed by atoms with Crippen LogP contribution in [0, 0.1) is 0 Å². The van der Waals surface area contributed by atoms with E-state index in [0.29, 0.717) is 32.9 Å². The van der Waals surface area contributed by atoms with Crippen LogP contribution in [0.15, 0.2) is 206 Å². The van der Waals surface area contributed by atoms with Crippen molar-refractivity contribution in [1.29, 1.82) is 0 Å². The highest BCUT2D eigenvalue weighted by Crippen LogP contribution is 2.44. The molecule has 0 aliphatic heterocycles. The van der Waals surface area contributed by atoms with E-state index < -0.39 is 18.1 Å². The van der Waals surface area contributed by atoms with E-state index in [9.17, 15) is 4.11 Å². The van der Waals surface area contributed by atoms with Gasteiger partial charge in [0.05, 0.1) is 38.7 Å². The number of hydrogen-bond donors (Lipinski definition) is 0. The molecule has 0 saturated heterocycles. The van der Waals surface area contributed by atoms with Gasteiger partial charge in [0.25, 0.3) is 0 Å². The molecule has 0 bridgehead atoms. The first-order valence-electron chi connectivity index (χ1n) is 22.9. The van der Waals surface area contributed by atoms with Crippen LogP contribution in [0.4, 0.5) is 0 Å². The third kappa shape index (κ3) is 4.96. The Hall–Kier alpha value is -7.20. The van der Waals surface area contributed by atoms with Gasteiger partial charge < -0.3 is 9.13 Å². The Kier molecular flexibility index (Phi) is 5.57. The van der Waals surface area contributed by atoms with Gasteiger partial charge in [0.2, 0.25) is 0 Å². The van der Waals surface area contributed by atoms with Crippen molar-refractivity contribution < 1.29 is 11.0 Å². The van der Waals surface area contributed by atoms with Crippen molar-refractivity contribution in [1.82, 2.24) is 9.13 Å². The summed E-state index contributed by atoms with van der Waals surface area (Å²) in [5.74, 6) is 0. The molecule has 0 saturated carbocycles. The molecule has 0 amide bonds. The minimum absolute atomic E-state index is 0.00603. The summed E-state index contributed by atoms with van der Waals surface area (Å²) < 4.78 is 79.9. The summed E-state index contributed by atoms with van der Waals surface area (Å²) in [6.45, 7) is 0. The lowest BCUT2D eigenvalue weighted by molar-refractivity contribution is 1.18. The number of nitrogens with zero attached hydrogens (tertiary/aromatic N) is 2. The zero-order valence-electron chi connectivity index (χ0n) is 38.3. The second-order valence-corrected chi connectivity index (χ2v) is 15.3. The largest absolute Gasteiger partial charge is 0.309 e. The van der Waals surface area contributed by atoms with Gasteiger partial charge in [-0.2, -0.15) is 0 Å². The number of benzene rings is 9. The van der Waals surface area contributed by atoms with Crippen LogP contribution in [0.5, 0.6) is 0 Å². The van der Waals surface area contributed by atoms with Crippen molar-refractivity contribution in [2.75, 3.05) is 0 Å². The molecule has 0 N–H and O–H groups in total. The van der Waals surface area contributed by atoms with Crippen molar-refractivity contribution >= 4 is 75.1 Å². The smallest absolute Gasteiger partial charge is 0.0645 e. The summed E-state index contributed by atoms with van der Waals surface area (Å²) in [4.78, 5) is 0. The molecule has 0 radical (unpaired) electrons. The molecule has 0 aliphatic carbocycles. The Bertz CT molecular complexity index is 3950. The van der Waals surface area contributed by atoms with Gasteiger partial charge in [0.1, 0.15) is 0 Å². The fourth-order valence-corrected chi connectivity index (χ4v) is 9.75. The molecule has 3 aromatic heterocycles. The number of rotatable bonds is 5. The number of aromatic nitrogens is 2. The quantitative estimate of drug-likeness (QED) is 0.166. The van der Waals surface area contributed by atoms with E-state index in [1.807, 2.05) is 83.4 Å². The molecule has 0 aliphatic rings. The van der Waals surface area contributed by atoms with E-state index in [1.54, 1.807) is 23.5 Å². The van der Waals surface area contributed by atoms with Gasteiger partial charge in [-0.05, 0) is 100 Å². The predicted molar refractivity (Wildman–Crippen MR) is 244 cm³/mol. The van der Waals surface area contributed by atoms with Gasteiger partial charge >= 0.3 is 0 Å². The zero-order valence-corrected chi connectivity index (χ0v) is 31.1. The molecular formula is C54H34N2S. The molecule has 266 valence electrons. The Morgan fingerprint density at radius 2 is 1.09 bits per heavy atom. The van der Waals surface area contributed by atoms with Crippen LogP contribution in [0.3, 0.4) is 0 Å². The Morgan fingerprint density at radius 3 is 1.96 bits per heavy atom. The van der Waals surface area contributed by atoms with E-state index in [-0.39, 0.29) is 41.3 Å². The van der Waals surface area contributed by atoms with Crippen LogP contribution in [-0.2, 0) is 0 Å². The minimum atomic E-state index is -0.494. The van der Waals surface area contributed by atoms with Gasteiger partial charge in [0.15, 0.2) is 0 Å². The first kappa shape index (κ1) is 25.1. The highest BCUT2D eigenvalue weighted by molar-refractivity contribution is 7.25. The van der Waals surface area contributed by atoms with Crippen LogP contribution in [-0.4, -0.2) is 9.13 Å². The average Bonchev–Trinajstić information content (AvgIpc) is 4.01. The van der Waals surface area contributed by atoms with Gasteiger partial charge in [0, 0.05) is 47.4 Å². The molecule has 12 aromatic rings. The second kappa shape index (κ2) is 12.7. The maximum absolute atomic E-state index is 10.2. The predicted octanol–water partition coefficient (Wildman–Crippen LogP) is 15.2. The summed E-state index contributed by atoms with van der Waals surface area (Å²) in [5, 5.41) is 4.73. The highest BCUT2D eigenvalue weighted by atomic mass is 32.1. The van der Waals surface area contributed by atoms with Crippen LogP contribution >= 0.6 is 11.3 Å². The van der Waals surface area contributed by atoms with Crippen molar-refractivity contribution in [3.8, 4) is 44.8 Å². The highest BCUT2D eigenvalue weighted by Gasteiger charge is 2.20. The zero-order chi connectivity index (χ0) is 44.4. The van der Waals surface area contributed by atoms with E-state index in [1.165, 1.54) is 0 Å². The van der Waals surface area contributed by atoms with Crippen LogP contribution in [0.1, 0.15) is 11.0 Å². The maximum atomic E-state index is 10.2. The fourth-order valence-electron chi connectivity index (χ4n) is 8.63. The Labute approximate surface area is 345 Å². The van der Waals surface area contributed by atoms with Crippen LogP contribution in [0.2, 0.25) is 0 Å². The van der Waals surface area contributed by atoms with Crippen LogP contribution < -0.4 is 0 Å². The molecule has 3 heterocycles. The Morgan fingerprint density at radius 1 is 0.386 bits per heavy atom. The molecule has 3 heteroatoms. The molecular weight excluding hydrogens is 709 g/mol. The van der Waals surface area contributed by atoms with Crippen molar-refractivity contribution in [2.45, 2.75) is 0 Å². The summed E-state index contributed by atoms with van der Waals surface area (Å²) in [6.07, 6.45) is 0. The topological polar surface area (TPSA) is 9.86 Å². The van der Waals surface area contributed by atoms with Crippen molar-refractivity contribution in [3.63, 3.8) is 0 Å². The van der Waals surface area contributed by atoms with Crippen molar-refractivity contribution in [3.05, 3.63) is 206 Å². The van der Waals surface area contributed by atoms with E-state index >= 15 is 0 Å². The van der Waals surface area contributed by atoms with E-state index in [4.69, 9.17) is 6.85 Å². The lowest BCUT2D eigenvalue weighted by Crippen LogP contribution is -1.94. The van der Waals surface area contributed by atoms with Gasteiger partial charge in [-0.15, -0.1) is 11.3 Å². The molecule has 9 aromatic carbocycles. The van der Waals surface area contributed by atoms with Crippen molar-refractivity contribution in [2.24, 2.45) is 0 Å². The summed E-state index contributed by atoms with van der Waals surface area (Å²) in [7, 11) is 0. The molecule has 0 unspecified atom stereocenters. The maximum Gasteiger partial charge on any atom is 0.0645 e. The van der Waals surface area contributed by atoms with Gasteiger partial charge in [-0.3, -0.25) is 0 Å². The number of para-hydroxylation sites is 1. The summed E-state index contributed by atoms with van der Waals surface area (Å²) in [5.41, 5.74) is 8.07. The van der Waals surface area contributed by atoms with E-state index in [0.717, 1.165) is 64.5 Å². The number of fused-ring (bicyclic) bond motifs is 9. The van der Waals surface area contributed by atoms with Crippen LogP contribution in [0.25, 0.3) is 109 Å². The lowest BCUT2D eigenvalue weighted by Gasteiger charge is -2.11. The third-order valence-corrected chi connectivity index (χ3v) is 12.3. The SMILES string of the molecule is [2H]c1c([2H])c([2H])c(-c2cccc3c2c2c([2H])c(-c4ccc5c(c4)c4ccccc4n5-c4ccc(-c5ccccc5)cc4)c([2H])c([2H])c2n3-c2cccc3sc4ccccc4c23)c([2H])c1[2H]. The number of thiophene rings is 1. The summed E-state index contributed by atoms with van der Waals surface area (Å²) in [6, 6.07) is 50.1. The third-order valence-electron chi connectivity index (χ3n) is 11.1. The van der Waals surface area contributed by atoms with Gasteiger partial charge in [-0.1, -0.05) is 139 Å². The normalized spacial score (nSPS) is 13.8. The first-order valence-corrected chi connectivity index (χ1v) is 19.7. The standard InChI is InChI=1S/C54H34N2S/c1-3-13-35(14-4-1)36-25-29-40(30-26-36)55-46-20-9-7-17-42(46)44-33-38(27-31-47(44)55)39-28-32-48-45(34-39)53-41(37-15-5-2-6-16-37)19-11-21-49(53)56(48)50-22-12-24-52-54(50)43-18-8-10-23-51(43)57-52/h1-34H/i2D,5D,6D,15D,16D,28D,32D,34D. The first-order chi connectivity index (χ1) is 31.6. The number of hydrogen-bond acceptors (Lipinski definition) is 1. The molecule has 12 rings (SSSR count). The second-order valence-electron chi connectivity index (χ2n) is 14.3. The molecule has 57 heavy (non-hydrogen) atoms. The molecule has 0 atom stereocenters. The molecule has 0 spiro atoms. The van der Waals surface area contributed by atoms with Gasteiger partial charge in [-0.25, -0.2) is 0 Å².